The largest absolute Gasteiger partial charge is 0.481 e. The van der Waals surface area contributed by atoms with Crippen LogP contribution in [0.2, 0.25) is 0 Å². The van der Waals surface area contributed by atoms with Gasteiger partial charge >= 0.3 is 0 Å². The van der Waals surface area contributed by atoms with Crippen molar-refractivity contribution in [3.8, 4) is 11.8 Å². The van der Waals surface area contributed by atoms with E-state index >= 15 is 0 Å². The monoisotopic (exact) mass is 334 g/mol. The number of aryl methyl sites for hydroxylation is 1. The zero-order valence-electron chi connectivity index (χ0n) is 13.7. The highest BCUT2D eigenvalue weighted by Gasteiger charge is 2.30. The number of carbonyl (C=O) groups excluding carboxylic acids is 1. The number of pyridine rings is 1. The molecule has 1 aliphatic heterocycles. The number of tetrazole rings is 1. The molecule has 1 aliphatic rings. The lowest BCUT2D eigenvalue weighted by molar-refractivity contribution is -0.0285. The van der Waals surface area contributed by atoms with Gasteiger partial charge in [0.25, 0.3) is 5.91 Å². The van der Waals surface area contributed by atoms with E-state index in [1.807, 2.05) is 0 Å². The second kappa shape index (κ2) is 6.79. The highest BCUT2D eigenvalue weighted by Crippen LogP contribution is 2.25. The fraction of sp³-hybridized carbons (Fsp3) is 0.500. The van der Waals surface area contributed by atoms with Crippen molar-refractivity contribution in [2.75, 3.05) is 33.9 Å². The summed E-state index contributed by atoms with van der Waals surface area (Å²) in [5, 5.41) is 11.3. The smallest absolute Gasteiger partial charge is 0.259 e. The molecule has 1 fully saturated rings. The number of morpholine rings is 1. The molecule has 0 spiro atoms. The SMILES string of the molecule is COc1ccc(C(=O)N2CCOC(c3nnnn3C)C2)c(OC)n1. The Kier molecular flexibility index (Phi) is 4.56. The summed E-state index contributed by atoms with van der Waals surface area (Å²) in [6, 6.07) is 3.27. The summed E-state index contributed by atoms with van der Waals surface area (Å²) >= 11 is 0. The highest BCUT2D eigenvalue weighted by molar-refractivity contribution is 5.96. The molecule has 3 rings (SSSR count). The average Bonchev–Trinajstić information content (AvgIpc) is 3.06. The normalized spacial score (nSPS) is 17.6. The number of hydrogen-bond donors (Lipinski definition) is 0. The number of ether oxygens (including phenoxy) is 3. The molecule has 2 aromatic rings. The first kappa shape index (κ1) is 16.1. The van der Waals surface area contributed by atoms with Gasteiger partial charge in [0.1, 0.15) is 11.7 Å². The third-order valence-electron chi connectivity index (χ3n) is 3.76. The zero-order chi connectivity index (χ0) is 17.1. The first-order valence-corrected chi connectivity index (χ1v) is 7.36. The highest BCUT2D eigenvalue weighted by atomic mass is 16.5. The average molecular weight is 334 g/mol. The van der Waals surface area contributed by atoms with Crippen molar-refractivity contribution in [2.24, 2.45) is 7.05 Å². The summed E-state index contributed by atoms with van der Waals surface area (Å²) in [5.41, 5.74) is 0.370. The fourth-order valence-electron chi connectivity index (χ4n) is 2.52. The first-order chi connectivity index (χ1) is 11.6. The molecular weight excluding hydrogens is 316 g/mol. The van der Waals surface area contributed by atoms with Gasteiger partial charge in [0.05, 0.1) is 27.4 Å². The van der Waals surface area contributed by atoms with E-state index in [1.165, 1.54) is 18.9 Å². The van der Waals surface area contributed by atoms with Crippen LogP contribution in [0.5, 0.6) is 11.8 Å². The van der Waals surface area contributed by atoms with Crippen LogP contribution in [0.4, 0.5) is 0 Å². The molecule has 128 valence electrons. The number of rotatable bonds is 4. The summed E-state index contributed by atoms with van der Waals surface area (Å²) in [7, 11) is 4.70. The van der Waals surface area contributed by atoms with Gasteiger partial charge in [-0.05, 0) is 16.5 Å². The van der Waals surface area contributed by atoms with Gasteiger partial charge in [0, 0.05) is 19.7 Å². The molecule has 2 aromatic heterocycles. The molecule has 0 aromatic carbocycles. The van der Waals surface area contributed by atoms with Crippen molar-refractivity contribution < 1.29 is 19.0 Å². The lowest BCUT2D eigenvalue weighted by Crippen LogP contribution is -2.43. The van der Waals surface area contributed by atoms with Crippen molar-refractivity contribution in [3.63, 3.8) is 0 Å². The molecule has 1 atom stereocenters. The van der Waals surface area contributed by atoms with E-state index in [0.29, 0.717) is 37.0 Å². The Morgan fingerprint density at radius 1 is 1.33 bits per heavy atom. The topological polar surface area (TPSA) is 104 Å². The van der Waals surface area contributed by atoms with E-state index < -0.39 is 0 Å². The van der Waals surface area contributed by atoms with Gasteiger partial charge in [0.15, 0.2) is 5.82 Å². The standard InChI is InChI=1S/C14H18N6O4/c1-19-12(16-17-18-19)10-8-20(6-7-24-10)14(21)9-4-5-11(22-2)15-13(9)23-3/h4-5,10H,6-8H2,1-3H3. The minimum Gasteiger partial charge on any atom is -0.481 e. The van der Waals surface area contributed by atoms with Gasteiger partial charge in [-0.25, -0.2) is 4.68 Å². The third kappa shape index (κ3) is 3.00. The second-order valence-corrected chi connectivity index (χ2v) is 5.18. The molecule has 3 heterocycles. The van der Waals surface area contributed by atoms with Crippen molar-refractivity contribution in [1.29, 1.82) is 0 Å². The molecular formula is C14H18N6O4. The number of carbonyl (C=O) groups is 1. The number of aromatic nitrogens is 5. The molecule has 1 unspecified atom stereocenters. The Balaban J connectivity index is 1.81. The van der Waals surface area contributed by atoms with E-state index in [0.717, 1.165) is 0 Å². The quantitative estimate of drug-likeness (QED) is 0.759. The van der Waals surface area contributed by atoms with Crippen molar-refractivity contribution >= 4 is 5.91 Å². The van der Waals surface area contributed by atoms with E-state index in [9.17, 15) is 4.79 Å². The molecule has 0 radical (unpaired) electrons. The Labute approximate surface area is 138 Å². The number of amides is 1. The van der Waals surface area contributed by atoms with Crippen LogP contribution in [0.1, 0.15) is 22.3 Å². The van der Waals surface area contributed by atoms with Crippen LogP contribution in [-0.4, -0.2) is 69.9 Å². The van der Waals surface area contributed by atoms with Gasteiger partial charge in [-0.2, -0.15) is 4.98 Å². The van der Waals surface area contributed by atoms with Gasteiger partial charge in [-0.3, -0.25) is 4.79 Å². The lowest BCUT2D eigenvalue weighted by Gasteiger charge is -2.32. The summed E-state index contributed by atoms with van der Waals surface area (Å²) in [5.74, 6) is 0.994. The maximum atomic E-state index is 12.8. The van der Waals surface area contributed by atoms with Gasteiger partial charge in [-0.1, -0.05) is 0 Å². The molecule has 0 saturated carbocycles. The van der Waals surface area contributed by atoms with E-state index in [-0.39, 0.29) is 17.9 Å². The van der Waals surface area contributed by atoms with E-state index in [4.69, 9.17) is 14.2 Å². The lowest BCUT2D eigenvalue weighted by atomic mass is 10.2. The molecule has 1 amide bonds. The summed E-state index contributed by atoms with van der Waals surface area (Å²) < 4.78 is 17.5. The summed E-state index contributed by atoms with van der Waals surface area (Å²) in [6.45, 7) is 1.22. The molecule has 24 heavy (non-hydrogen) atoms. The molecule has 0 bridgehead atoms. The summed E-state index contributed by atoms with van der Waals surface area (Å²) in [4.78, 5) is 18.7. The number of nitrogens with zero attached hydrogens (tertiary/aromatic N) is 6. The molecule has 1 saturated heterocycles. The summed E-state index contributed by atoms with van der Waals surface area (Å²) in [6.07, 6.45) is -0.375. The Morgan fingerprint density at radius 2 is 2.17 bits per heavy atom. The minimum atomic E-state index is -0.375. The number of methoxy groups -OCH3 is 2. The Hall–Kier alpha value is -2.75. The van der Waals surface area contributed by atoms with Crippen molar-refractivity contribution in [3.05, 3.63) is 23.5 Å². The number of hydrogen-bond acceptors (Lipinski definition) is 8. The molecule has 0 N–H and O–H groups in total. The van der Waals surface area contributed by atoms with Gasteiger partial charge < -0.3 is 19.1 Å². The molecule has 0 aliphatic carbocycles. The van der Waals surface area contributed by atoms with Crippen LogP contribution < -0.4 is 9.47 Å². The van der Waals surface area contributed by atoms with Crippen LogP contribution in [0.25, 0.3) is 0 Å². The predicted molar refractivity (Wildman–Crippen MR) is 80.7 cm³/mol. The van der Waals surface area contributed by atoms with Crippen LogP contribution in [-0.2, 0) is 11.8 Å². The predicted octanol–water partition coefficient (Wildman–Crippen LogP) is -0.164. The van der Waals surface area contributed by atoms with Crippen molar-refractivity contribution in [1.82, 2.24) is 30.1 Å². The maximum absolute atomic E-state index is 12.8. The second-order valence-electron chi connectivity index (χ2n) is 5.18. The van der Waals surface area contributed by atoms with Crippen molar-refractivity contribution in [2.45, 2.75) is 6.10 Å². The molecule has 10 heteroatoms. The minimum absolute atomic E-state index is 0.189. The van der Waals surface area contributed by atoms with Gasteiger partial charge in [-0.15, -0.1) is 5.10 Å². The zero-order valence-corrected chi connectivity index (χ0v) is 13.7. The maximum Gasteiger partial charge on any atom is 0.259 e. The fourth-order valence-corrected chi connectivity index (χ4v) is 2.52. The Morgan fingerprint density at radius 3 is 2.83 bits per heavy atom. The van der Waals surface area contributed by atoms with Crippen LogP contribution >= 0.6 is 0 Å². The first-order valence-electron chi connectivity index (χ1n) is 7.36. The van der Waals surface area contributed by atoms with Crippen LogP contribution in [0.3, 0.4) is 0 Å². The van der Waals surface area contributed by atoms with Crippen LogP contribution in [0.15, 0.2) is 12.1 Å². The van der Waals surface area contributed by atoms with E-state index in [2.05, 4.69) is 20.5 Å². The Bertz CT molecular complexity index is 734. The van der Waals surface area contributed by atoms with Crippen LogP contribution in [0, 0.1) is 0 Å². The van der Waals surface area contributed by atoms with E-state index in [1.54, 1.807) is 24.1 Å². The molecule has 10 nitrogen and oxygen atoms in total. The van der Waals surface area contributed by atoms with Gasteiger partial charge in [0.2, 0.25) is 11.8 Å². The third-order valence-corrected chi connectivity index (χ3v) is 3.76.